The van der Waals surface area contributed by atoms with Crippen LogP contribution in [0.25, 0.3) is 0 Å². The number of aldehydes is 1. The van der Waals surface area contributed by atoms with Crippen molar-refractivity contribution in [3.8, 4) is 0 Å². The van der Waals surface area contributed by atoms with Gasteiger partial charge in [-0.3, -0.25) is 4.79 Å². The molecule has 0 saturated carbocycles. The zero-order chi connectivity index (χ0) is 20.0. The fraction of sp³-hybridized carbons (Fsp3) is 0.833. The average molecular weight is 373 g/mol. The van der Waals surface area contributed by atoms with Crippen LogP contribution in [0.3, 0.4) is 0 Å². The Morgan fingerprint density at radius 2 is 1.77 bits per heavy atom. The van der Waals surface area contributed by atoms with Crippen molar-refractivity contribution in [1.82, 2.24) is 16.0 Å². The molecule has 0 aliphatic heterocycles. The monoisotopic (exact) mass is 372 g/mol. The van der Waals surface area contributed by atoms with Gasteiger partial charge in [-0.15, -0.1) is 0 Å². The Morgan fingerprint density at radius 3 is 2.31 bits per heavy atom. The number of amides is 2. The Balaban J connectivity index is 4.07. The van der Waals surface area contributed by atoms with Gasteiger partial charge in [-0.1, -0.05) is 0 Å². The molecule has 0 aliphatic rings. The van der Waals surface area contributed by atoms with Crippen LogP contribution in [-0.4, -0.2) is 56.1 Å². The van der Waals surface area contributed by atoms with Crippen LogP contribution in [0.5, 0.6) is 0 Å². The molecular weight excluding hydrogens is 336 g/mol. The molecule has 0 heterocycles. The molecule has 0 spiro atoms. The number of hydrogen-bond donors (Lipinski definition) is 4. The lowest BCUT2D eigenvalue weighted by Gasteiger charge is -2.20. The van der Waals surface area contributed by atoms with Crippen LogP contribution in [-0.2, 0) is 14.3 Å². The Bertz CT molecular complexity index is 424. The molecule has 0 fully saturated rings. The Kier molecular flexibility index (Phi) is 12.7. The highest BCUT2D eigenvalue weighted by atomic mass is 16.6. The zero-order valence-corrected chi connectivity index (χ0v) is 16.6. The van der Waals surface area contributed by atoms with E-state index in [0.29, 0.717) is 25.9 Å². The summed E-state index contributed by atoms with van der Waals surface area (Å²) in [5.41, 5.74) is 4.92. The van der Waals surface area contributed by atoms with Gasteiger partial charge >= 0.3 is 6.09 Å². The number of ether oxygens (including phenoxy) is 1. The molecule has 0 aromatic carbocycles. The minimum absolute atomic E-state index is 0.183. The zero-order valence-electron chi connectivity index (χ0n) is 16.6. The van der Waals surface area contributed by atoms with Gasteiger partial charge < -0.3 is 31.2 Å². The average Bonchev–Trinajstić information content (AvgIpc) is 2.55. The Hall–Kier alpha value is -1.67. The van der Waals surface area contributed by atoms with Gasteiger partial charge in [0.15, 0.2) is 0 Å². The van der Waals surface area contributed by atoms with Crippen molar-refractivity contribution in [2.24, 2.45) is 5.73 Å². The second-order valence-electron chi connectivity index (χ2n) is 7.30. The predicted octanol–water partition coefficient (Wildman–Crippen LogP) is 1.08. The van der Waals surface area contributed by atoms with Crippen molar-refractivity contribution >= 4 is 18.3 Å². The van der Waals surface area contributed by atoms with Crippen LogP contribution >= 0.6 is 0 Å². The van der Waals surface area contributed by atoms with E-state index in [1.54, 1.807) is 7.05 Å². The molecule has 0 saturated heterocycles. The molecule has 2 atom stereocenters. The first-order valence-electron chi connectivity index (χ1n) is 9.33. The summed E-state index contributed by atoms with van der Waals surface area (Å²) in [5, 5.41) is 8.42. The van der Waals surface area contributed by atoms with E-state index in [1.807, 2.05) is 20.8 Å². The molecule has 26 heavy (non-hydrogen) atoms. The van der Waals surface area contributed by atoms with Crippen molar-refractivity contribution in [1.29, 1.82) is 0 Å². The van der Waals surface area contributed by atoms with Gasteiger partial charge in [0.2, 0.25) is 5.91 Å². The second kappa shape index (κ2) is 13.5. The number of rotatable bonds is 13. The molecule has 2 amide bonds. The van der Waals surface area contributed by atoms with Gasteiger partial charge in [-0.2, -0.15) is 0 Å². The van der Waals surface area contributed by atoms with E-state index in [1.165, 1.54) is 0 Å². The molecular formula is C18H36N4O4. The van der Waals surface area contributed by atoms with Crippen LogP contribution in [0.15, 0.2) is 0 Å². The summed E-state index contributed by atoms with van der Waals surface area (Å²) in [4.78, 5) is 34.9. The number of hydrogen-bond acceptors (Lipinski definition) is 6. The third-order valence-electron chi connectivity index (χ3n) is 3.71. The largest absolute Gasteiger partial charge is 0.444 e. The minimum atomic E-state index is -0.515. The third kappa shape index (κ3) is 12.7. The molecule has 8 heteroatoms. The fourth-order valence-electron chi connectivity index (χ4n) is 2.35. The molecule has 0 rings (SSSR count). The molecule has 152 valence electrons. The number of nitrogens with two attached hydrogens (primary N) is 1. The first kappa shape index (κ1) is 24.3. The number of alkyl carbamates (subject to hydrolysis) is 1. The highest BCUT2D eigenvalue weighted by Crippen LogP contribution is 2.07. The van der Waals surface area contributed by atoms with Crippen LogP contribution in [0.4, 0.5) is 4.79 Å². The molecule has 0 bridgehead atoms. The quantitative estimate of drug-likeness (QED) is 0.283. The lowest BCUT2D eigenvalue weighted by Crippen LogP contribution is -2.47. The second-order valence-corrected chi connectivity index (χ2v) is 7.30. The van der Waals surface area contributed by atoms with Crippen LogP contribution in [0, 0.1) is 0 Å². The topological polar surface area (TPSA) is 123 Å². The van der Waals surface area contributed by atoms with E-state index in [9.17, 15) is 14.4 Å². The Morgan fingerprint density at radius 1 is 1.12 bits per heavy atom. The number of carbonyl (C=O) groups is 3. The van der Waals surface area contributed by atoms with Crippen molar-refractivity contribution in [3.05, 3.63) is 0 Å². The summed E-state index contributed by atoms with van der Waals surface area (Å²) < 4.78 is 5.15. The van der Waals surface area contributed by atoms with Gasteiger partial charge in [0, 0.05) is 6.54 Å². The maximum atomic E-state index is 12.3. The van der Waals surface area contributed by atoms with Crippen LogP contribution in [0.1, 0.15) is 59.3 Å². The number of nitrogens with one attached hydrogen (secondary N) is 3. The normalized spacial score (nSPS) is 13.6. The van der Waals surface area contributed by atoms with E-state index >= 15 is 0 Å². The molecule has 0 radical (unpaired) electrons. The van der Waals surface area contributed by atoms with Gasteiger partial charge in [-0.25, -0.2) is 4.79 Å². The minimum Gasteiger partial charge on any atom is -0.444 e. The molecule has 0 aromatic heterocycles. The van der Waals surface area contributed by atoms with Gasteiger partial charge in [0.25, 0.3) is 0 Å². The highest BCUT2D eigenvalue weighted by Gasteiger charge is 2.19. The number of unbranched alkanes of at least 4 members (excludes halogenated alkanes) is 2. The predicted molar refractivity (Wildman–Crippen MR) is 102 cm³/mol. The summed E-state index contributed by atoms with van der Waals surface area (Å²) in [6.07, 6.45) is 4.68. The van der Waals surface area contributed by atoms with E-state index < -0.39 is 17.7 Å². The van der Waals surface area contributed by atoms with E-state index in [4.69, 9.17) is 10.5 Å². The first-order chi connectivity index (χ1) is 12.2. The van der Waals surface area contributed by atoms with Crippen molar-refractivity contribution in [2.45, 2.75) is 77.0 Å². The van der Waals surface area contributed by atoms with Crippen molar-refractivity contribution in [2.75, 3.05) is 20.1 Å². The summed E-state index contributed by atoms with van der Waals surface area (Å²) in [6, 6.07) is -0.841. The maximum Gasteiger partial charge on any atom is 0.407 e. The molecule has 0 aliphatic carbocycles. The van der Waals surface area contributed by atoms with Crippen LogP contribution in [0.2, 0.25) is 0 Å². The standard InChI is InChI=1S/C18H36N4O4/c1-18(2,3)26-17(25)21-12-8-6-10-15(20-4)16(24)22-14(13-23)9-5-7-11-19/h13-15,20H,5-12,19H2,1-4H3,(H,21,25)(H,22,24). The van der Waals surface area contributed by atoms with E-state index in [0.717, 1.165) is 32.0 Å². The van der Waals surface area contributed by atoms with Crippen molar-refractivity contribution in [3.63, 3.8) is 0 Å². The third-order valence-corrected chi connectivity index (χ3v) is 3.71. The van der Waals surface area contributed by atoms with Gasteiger partial charge in [0.1, 0.15) is 11.9 Å². The fourth-order valence-corrected chi connectivity index (χ4v) is 2.35. The summed E-state index contributed by atoms with van der Waals surface area (Å²) in [7, 11) is 1.72. The first-order valence-corrected chi connectivity index (χ1v) is 9.33. The lowest BCUT2D eigenvalue weighted by molar-refractivity contribution is -0.126. The van der Waals surface area contributed by atoms with E-state index in [2.05, 4.69) is 16.0 Å². The highest BCUT2D eigenvalue weighted by molar-refractivity contribution is 5.84. The number of likely N-dealkylation sites (N-methyl/N-ethyl adjacent to an activating group) is 1. The summed E-state index contributed by atoms with van der Waals surface area (Å²) in [6.45, 7) is 6.50. The Labute approximate surface area is 157 Å². The maximum absolute atomic E-state index is 12.3. The molecule has 0 aromatic rings. The number of carbonyl (C=O) groups excluding carboxylic acids is 3. The molecule has 2 unspecified atom stereocenters. The lowest BCUT2D eigenvalue weighted by atomic mass is 10.1. The molecule has 8 nitrogen and oxygen atoms in total. The van der Waals surface area contributed by atoms with E-state index in [-0.39, 0.29) is 11.9 Å². The SMILES string of the molecule is CNC(CCCCNC(=O)OC(C)(C)C)C(=O)NC(C=O)CCCCN. The smallest absolute Gasteiger partial charge is 0.407 e. The van der Waals surface area contributed by atoms with Gasteiger partial charge in [0.05, 0.1) is 12.1 Å². The van der Waals surface area contributed by atoms with Crippen LogP contribution < -0.4 is 21.7 Å². The van der Waals surface area contributed by atoms with Crippen molar-refractivity contribution < 1.29 is 19.1 Å². The van der Waals surface area contributed by atoms with Gasteiger partial charge in [-0.05, 0) is 72.9 Å². The summed E-state index contributed by atoms with van der Waals surface area (Å²) >= 11 is 0. The molecule has 5 N–H and O–H groups in total. The summed E-state index contributed by atoms with van der Waals surface area (Å²) in [5.74, 6) is -0.183.